The molecule has 0 unspecified atom stereocenters. The molecule has 10 heteroatoms. The van der Waals surface area contributed by atoms with Crippen LogP contribution in [-0.2, 0) is 50.3 Å². The molecule has 4 rings (SSSR count). The minimum absolute atomic E-state index is 0. The summed E-state index contributed by atoms with van der Waals surface area (Å²) in [5.41, 5.74) is 1.00. The third kappa shape index (κ3) is 14.7. The Morgan fingerprint density at radius 3 is 1.96 bits per heavy atom. The first-order valence-corrected chi connectivity index (χ1v) is 17.2. The first-order valence-electron chi connectivity index (χ1n) is 16.6. The van der Waals surface area contributed by atoms with E-state index >= 15 is 0 Å². The molecule has 1 aliphatic heterocycles. The molecule has 10 radical (unpaired) electrons. The molecule has 1 saturated heterocycles. The van der Waals surface area contributed by atoms with Crippen molar-refractivity contribution in [2.75, 3.05) is 19.3 Å². The van der Waals surface area contributed by atoms with E-state index in [1.165, 1.54) is 37.0 Å². The maximum absolute atomic E-state index is 12.7. The minimum Gasteiger partial charge on any atom is -0.862 e. The van der Waals surface area contributed by atoms with Crippen LogP contribution in [0.15, 0.2) is 29.3 Å². The van der Waals surface area contributed by atoms with Gasteiger partial charge in [-0.2, -0.15) is 5.75 Å². The van der Waals surface area contributed by atoms with Crippen molar-refractivity contribution in [1.82, 2.24) is 4.90 Å². The van der Waals surface area contributed by atoms with Gasteiger partial charge in [-0.15, -0.1) is 0 Å². The van der Waals surface area contributed by atoms with E-state index in [1.54, 1.807) is 7.05 Å². The van der Waals surface area contributed by atoms with E-state index < -0.39 is 24.4 Å². The molecule has 1 aromatic carbocycles. The number of carbonyl (C=O) groups is 1. The van der Waals surface area contributed by atoms with Crippen LogP contribution in [0, 0.1) is 63.3 Å². The first kappa shape index (κ1) is 42.0. The van der Waals surface area contributed by atoms with Gasteiger partial charge >= 0.3 is 30.3 Å². The molecule has 3 fully saturated rings. The Hall–Kier alpha value is -1.19. The summed E-state index contributed by atoms with van der Waals surface area (Å²) in [6.07, 6.45) is 24.9. The van der Waals surface area contributed by atoms with Crippen LogP contribution in [-0.4, -0.2) is 54.6 Å². The third-order valence-electron chi connectivity index (χ3n) is 8.61. The summed E-state index contributed by atoms with van der Waals surface area (Å²) < 4.78 is 17.7. The quantitative estimate of drug-likeness (QED) is 0.0679. The molecule has 0 spiro atoms. The van der Waals surface area contributed by atoms with Gasteiger partial charge < -0.3 is 41.7 Å². The van der Waals surface area contributed by atoms with Gasteiger partial charge in [0.05, 0.1) is 17.2 Å². The molecular formula is C37H51BFeN2O5S. The Kier molecular flexibility index (Phi) is 19.5. The predicted molar refractivity (Wildman–Crippen MR) is 187 cm³/mol. The summed E-state index contributed by atoms with van der Waals surface area (Å²) in [6.45, 7) is 8.58. The van der Waals surface area contributed by atoms with Crippen molar-refractivity contribution in [2.45, 2.75) is 103 Å². The van der Waals surface area contributed by atoms with Crippen molar-refractivity contribution >= 4 is 37.2 Å². The summed E-state index contributed by atoms with van der Waals surface area (Å²) in [5.74, 6) is 1.70. The van der Waals surface area contributed by atoms with Gasteiger partial charge in [-0.3, -0.25) is 0 Å². The topological polar surface area (TPSA) is 83.4 Å². The molecule has 1 amide bonds. The summed E-state index contributed by atoms with van der Waals surface area (Å²) in [5, 5.41) is 12.2. The van der Waals surface area contributed by atoms with Crippen LogP contribution in [0.25, 0.3) is 0 Å². The van der Waals surface area contributed by atoms with Crippen molar-refractivity contribution in [3.8, 4) is 0 Å². The van der Waals surface area contributed by atoms with Crippen molar-refractivity contribution in [3.05, 3.63) is 93.2 Å². The molecule has 1 aromatic rings. The standard InChI is InChI=1S/C32H48BN2O5S.C5H5.Fe/c1-31(2)32(3,4)40-33(39-31)27-18-15-25(16-19-27)24-38-30(37)35(5)28-20-17-26(22-28)23-34-29(36)14-12-10-8-6-7-9-11-13-21-41;1-2-4-5-3-1;/h15-20,22,41H,6-14,21,23-24H2,1-5H3,(H,34,36);1-5H;/q;;+2/p-2. The van der Waals surface area contributed by atoms with Crippen molar-refractivity contribution in [2.24, 2.45) is 4.99 Å². The van der Waals surface area contributed by atoms with E-state index in [4.69, 9.17) is 26.7 Å². The van der Waals surface area contributed by atoms with Crippen LogP contribution in [0.3, 0.4) is 0 Å². The number of unbranched alkanes of at least 4 members (excludes halogenated alkanes) is 7. The molecule has 7 nitrogen and oxygen atoms in total. The molecule has 2 saturated carbocycles. The molecule has 2 aliphatic carbocycles. The molecule has 0 N–H and O–H groups in total. The van der Waals surface area contributed by atoms with Gasteiger partial charge in [0.1, 0.15) is 6.61 Å². The number of carbonyl (C=O) groups excluding carboxylic acids is 1. The molecule has 0 aromatic heterocycles. The fourth-order valence-corrected chi connectivity index (χ4v) is 5.11. The van der Waals surface area contributed by atoms with Crippen LogP contribution >= 0.6 is 0 Å². The second-order valence-electron chi connectivity index (χ2n) is 12.9. The molecule has 256 valence electrons. The molecule has 3 aliphatic rings. The van der Waals surface area contributed by atoms with Crippen LogP contribution in [0.4, 0.5) is 4.79 Å². The van der Waals surface area contributed by atoms with Crippen molar-refractivity contribution in [3.63, 3.8) is 0 Å². The van der Waals surface area contributed by atoms with Crippen molar-refractivity contribution in [1.29, 1.82) is 0 Å². The van der Waals surface area contributed by atoms with E-state index in [2.05, 4.69) is 4.99 Å². The normalized spacial score (nSPS) is 19.3. The molecule has 0 bridgehead atoms. The third-order valence-corrected chi connectivity index (χ3v) is 8.90. The number of rotatable bonds is 16. The summed E-state index contributed by atoms with van der Waals surface area (Å²) in [6, 6.07) is 8.42. The van der Waals surface area contributed by atoms with E-state index in [-0.39, 0.29) is 29.6 Å². The van der Waals surface area contributed by atoms with E-state index in [9.17, 15) is 9.90 Å². The Bertz CT molecular complexity index is 1030. The summed E-state index contributed by atoms with van der Waals surface area (Å²) in [7, 11) is 1.24. The zero-order chi connectivity index (χ0) is 33.4. The number of benzene rings is 1. The summed E-state index contributed by atoms with van der Waals surface area (Å²) >= 11 is 4.97. The number of ether oxygens (including phenoxy) is 1. The number of aliphatic imine (C=N–C) groups is 1. The van der Waals surface area contributed by atoms with Gasteiger partial charge in [0.2, 0.25) is 0 Å². The van der Waals surface area contributed by atoms with Gasteiger partial charge in [0, 0.05) is 19.5 Å². The number of hydrogen-bond donors (Lipinski definition) is 0. The number of amides is 1. The zero-order valence-electron chi connectivity index (χ0n) is 28.7. The van der Waals surface area contributed by atoms with Gasteiger partial charge in [-0.25, -0.2) is 4.79 Å². The average Bonchev–Trinajstić information content (AvgIpc) is 3.80. The fourth-order valence-electron chi connectivity index (χ4n) is 4.90. The van der Waals surface area contributed by atoms with Crippen LogP contribution < -0.4 is 10.6 Å². The number of nitrogens with zero attached hydrogens (tertiary/aromatic N) is 2. The predicted octanol–water partition coefficient (Wildman–Crippen LogP) is 6.12. The van der Waals surface area contributed by atoms with Gasteiger partial charge in [-0.1, -0.05) is 69.2 Å². The fraction of sp³-hybridized carbons (Fsp3) is 0.514. The van der Waals surface area contributed by atoms with Crippen LogP contribution in [0.5, 0.6) is 0 Å². The Labute approximate surface area is 302 Å². The Balaban J connectivity index is 0.00000117. The second kappa shape index (κ2) is 21.8. The van der Waals surface area contributed by atoms with E-state index in [0.717, 1.165) is 42.0 Å². The van der Waals surface area contributed by atoms with Crippen molar-refractivity contribution < 1.29 is 41.0 Å². The largest absolute Gasteiger partial charge is 2.00 e. The molecule has 0 atom stereocenters. The monoisotopic (exact) mass is 702 g/mol. The Morgan fingerprint density at radius 2 is 1.40 bits per heavy atom. The zero-order valence-corrected chi connectivity index (χ0v) is 30.6. The molecule has 47 heavy (non-hydrogen) atoms. The van der Waals surface area contributed by atoms with Gasteiger partial charge in [-0.05, 0) is 109 Å². The van der Waals surface area contributed by atoms with E-state index in [1.807, 2.05) is 103 Å². The average molecular weight is 703 g/mol. The van der Waals surface area contributed by atoms with E-state index in [0.29, 0.717) is 19.0 Å². The molecule has 1 heterocycles. The Morgan fingerprint density at radius 1 is 0.872 bits per heavy atom. The number of hydrogen-bond acceptors (Lipinski definition) is 7. The summed E-state index contributed by atoms with van der Waals surface area (Å²) in [4.78, 5) is 18.3. The minimum atomic E-state index is -0.453. The first-order chi connectivity index (χ1) is 22.0. The SMILES string of the molecule is CN([C]1[CH][CH][C](CN=C([O-])CCCCCCCCCC[S-])[CH]1)C(=O)OCc1ccc(B2OC(C)(C)C(C)(C)O2)cc1.[CH]1[CH][CH][CH][CH]1.[Fe+2]. The van der Waals surface area contributed by atoms with Crippen LogP contribution in [0.2, 0.25) is 0 Å². The second-order valence-corrected chi connectivity index (χ2v) is 13.3. The van der Waals surface area contributed by atoms with Crippen LogP contribution in [0.1, 0.15) is 91.0 Å². The molecular weight excluding hydrogens is 651 g/mol. The maximum atomic E-state index is 12.7. The maximum Gasteiger partial charge on any atom is 2.00 e. The smallest absolute Gasteiger partial charge is 0.862 e. The van der Waals surface area contributed by atoms with Gasteiger partial charge in [0.15, 0.2) is 0 Å². The van der Waals surface area contributed by atoms with Gasteiger partial charge in [0.25, 0.3) is 0 Å².